The summed E-state index contributed by atoms with van der Waals surface area (Å²) in [7, 11) is 2.78. The van der Waals surface area contributed by atoms with Crippen molar-refractivity contribution < 1.29 is 34.0 Å². The van der Waals surface area contributed by atoms with E-state index in [0.717, 1.165) is 0 Å². The molecular weight excluding hydrogens is 436 g/mol. The molecule has 0 amide bonds. The number of rotatable bonds is 14. The van der Waals surface area contributed by atoms with Gasteiger partial charge < -0.3 is 24.4 Å². The number of allylic oxidation sites excluding steroid dienone is 1. The average Bonchev–Trinajstić information content (AvgIpc) is 3.44. The van der Waals surface area contributed by atoms with E-state index in [0.29, 0.717) is 6.42 Å². The highest BCUT2D eigenvalue weighted by atomic mass is 16.6. The van der Waals surface area contributed by atoms with Crippen molar-refractivity contribution >= 4 is 11.8 Å². The number of carbonyl (C=O) groups is 2. The highest BCUT2D eigenvalue weighted by Gasteiger charge is 2.60. The maximum atomic E-state index is 13.5. The van der Waals surface area contributed by atoms with Gasteiger partial charge in [-0.25, -0.2) is 0 Å². The van der Waals surface area contributed by atoms with Gasteiger partial charge >= 0.3 is 5.97 Å². The van der Waals surface area contributed by atoms with Gasteiger partial charge in [0.05, 0.1) is 43.4 Å². The van der Waals surface area contributed by atoms with E-state index >= 15 is 0 Å². The molecule has 0 aromatic heterocycles. The second-order valence-electron chi connectivity index (χ2n) is 11.3. The summed E-state index contributed by atoms with van der Waals surface area (Å²) in [6, 6.07) is 0. The summed E-state index contributed by atoms with van der Waals surface area (Å²) in [6.45, 7) is 17.3. The summed E-state index contributed by atoms with van der Waals surface area (Å²) >= 11 is 0. The van der Waals surface area contributed by atoms with Crippen molar-refractivity contribution in [2.24, 2.45) is 29.1 Å². The maximum absolute atomic E-state index is 13.5. The van der Waals surface area contributed by atoms with Crippen molar-refractivity contribution in [1.29, 1.82) is 0 Å². The normalized spacial score (nSPS) is 26.4. The van der Waals surface area contributed by atoms with Gasteiger partial charge in [0.25, 0.3) is 0 Å². The molecule has 0 unspecified atom stereocenters. The largest absolute Gasteiger partial charge is 0.469 e. The van der Waals surface area contributed by atoms with Crippen LogP contribution < -0.4 is 0 Å². The molecule has 7 heteroatoms. The molecule has 1 rings (SSSR count). The molecule has 9 atom stereocenters. The van der Waals surface area contributed by atoms with Crippen LogP contribution in [0, 0.1) is 29.1 Å². The second kappa shape index (κ2) is 12.1. The van der Waals surface area contributed by atoms with E-state index < -0.39 is 41.2 Å². The predicted octanol–water partition coefficient (Wildman–Crippen LogP) is 3.94. The topological polar surface area (TPSA) is 106 Å². The lowest BCUT2D eigenvalue weighted by molar-refractivity contribution is -0.149. The monoisotopic (exact) mass is 484 g/mol. The Kier molecular flexibility index (Phi) is 11.0. The summed E-state index contributed by atoms with van der Waals surface area (Å²) in [5.41, 5.74) is -0.312. The van der Waals surface area contributed by atoms with E-state index in [9.17, 15) is 19.8 Å². The number of hydrogen-bond donors (Lipinski definition) is 2. The molecular formula is C27H48O7. The van der Waals surface area contributed by atoms with Crippen LogP contribution in [0.3, 0.4) is 0 Å². The zero-order valence-corrected chi connectivity index (χ0v) is 23.0. The quantitative estimate of drug-likeness (QED) is 0.218. The van der Waals surface area contributed by atoms with Gasteiger partial charge in [-0.15, -0.1) is 0 Å². The smallest absolute Gasteiger partial charge is 0.308 e. The Hall–Kier alpha value is -1.28. The fourth-order valence-corrected chi connectivity index (χ4v) is 5.66. The first kappa shape index (κ1) is 30.8. The van der Waals surface area contributed by atoms with Crippen LogP contribution in [0.4, 0.5) is 0 Å². The molecule has 0 saturated carbocycles. The van der Waals surface area contributed by atoms with Crippen LogP contribution in [-0.4, -0.2) is 66.2 Å². The van der Waals surface area contributed by atoms with Crippen molar-refractivity contribution in [3.8, 4) is 0 Å². The number of carbonyl (C=O) groups excluding carboxylic acids is 2. The van der Waals surface area contributed by atoms with Crippen LogP contribution in [0.2, 0.25) is 0 Å². The number of esters is 1. The number of ether oxygens (including phenoxy) is 3. The molecule has 7 nitrogen and oxygen atoms in total. The zero-order valence-electron chi connectivity index (χ0n) is 23.0. The third kappa shape index (κ3) is 7.12. The van der Waals surface area contributed by atoms with E-state index in [4.69, 9.17) is 9.47 Å². The van der Waals surface area contributed by atoms with Crippen molar-refractivity contribution in [2.75, 3.05) is 14.2 Å². The molecule has 1 fully saturated rings. The number of ketones is 1. The number of hydrogen-bond acceptors (Lipinski definition) is 7. The first-order valence-electron chi connectivity index (χ1n) is 12.4. The third-order valence-electron chi connectivity index (χ3n) is 7.55. The fourth-order valence-electron chi connectivity index (χ4n) is 5.66. The number of aliphatic hydroxyl groups excluding tert-OH is 2. The van der Waals surface area contributed by atoms with Gasteiger partial charge in [0.1, 0.15) is 11.4 Å². The average molecular weight is 485 g/mol. The van der Waals surface area contributed by atoms with Crippen molar-refractivity contribution in [3.05, 3.63) is 11.6 Å². The van der Waals surface area contributed by atoms with Crippen LogP contribution in [0.5, 0.6) is 0 Å². The molecule has 0 aliphatic carbocycles. The SMILES string of the molecule is COC(=O)C[C@@H](O)[C@H](C)[C@@H](OC)C(C)(C)C(=O)[C@H](C)C[C@H](C)[C@H](O)[C@@]1(C)O[C@@H]1[C@@H](C)C=C(C)C. The fraction of sp³-hybridized carbons (Fsp3) is 0.852. The number of epoxide rings is 1. The van der Waals surface area contributed by atoms with E-state index in [1.54, 1.807) is 6.92 Å². The molecule has 198 valence electrons. The molecule has 1 heterocycles. The number of Topliss-reactive ketones (excluding diaryl/α,β-unsaturated/α-hetero) is 1. The summed E-state index contributed by atoms with van der Waals surface area (Å²) in [6.07, 6.45) is 0.170. The Balaban J connectivity index is 2.86. The van der Waals surface area contributed by atoms with Crippen molar-refractivity contribution in [2.45, 2.75) is 105 Å². The predicted molar refractivity (Wildman–Crippen MR) is 132 cm³/mol. The maximum Gasteiger partial charge on any atom is 0.308 e. The van der Waals surface area contributed by atoms with Gasteiger partial charge in [0, 0.05) is 24.9 Å². The summed E-state index contributed by atoms with van der Waals surface area (Å²) in [5.74, 6) is -1.26. The van der Waals surface area contributed by atoms with Crippen LogP contribution in [0.15, 0.2) is 11.6 Å². The molecule has 0 bridgehead atoms. The summed E-state index contributed by atoms with van der Waals surface area (Å²) in [5, 5.41) is 21.6. The van der Waals surface area contributed by atoms with Gasteiger partial charge in [-0.1, -0.05) is 53.2 Å². The lowest BCUT2D eigenvalue weighted by Crippen LogP contribution is -2.48. The molecule has 0 aromatic carbocycles. The third-order valence-corrected chi connectivity index (χ3v) is 7.55. The summed E-state index contributed by atoms with van der Waals surface area (Å²) in [4.78, 5) is 25.1. The van der Waals surface area contributed by atoms with Gasteiger partial charge in [-0.05, 0) is 33.1 Å². The Morgan fingerprint density at radius 3 is 2.15 bits per heavy atom. The molecule has 2 N–H and O–H groups in total. The van der Waals surface area contributed by atoms with E-state index in [1.807, 2.05) is 48.5 Å². The molecule has 1 saturated heterocycles. The lowest BCUT2D eigenvalue weighted by atomic mass is 9.70. The molecule has 1 aliphatic rings. The molecule has 34 heavy (non-hydrogen) atoms. The minimum atomic E-state index is -0.993. The van der Waals surface area contributed by atoms with Crippen molar-refractivity contribution in [1.82, 2.24) is 0 Å². The zero-order chi connectivity index (χ0) is 26.6. The van der Waals surface area contributed by atoms with Gasteiger partial charge in [-0.2, -0.15) is 0 Å². The Bertz CT molecular complexity index is 726. The minimum Gasteiger partial charge on any atom is -0.469 e. The number of methoxy groups -OCH3 is 2. The van der Waals surface area contributed by atoms with Gasteiger partial charge in [0.2, 0.25) is 0 Å². The Morgan fingerprint density at radius 1 is 1.12 bits per heavy atom. The lowest BCUT2D eigenvalue weighted by Gasteiger charge is -2.39. The molecule has 1 aliphatic heterocycles. The van der Waals surface area contributed by atoms with E-state index in [2.05, 4.69) is 17.7 Å². The van der Waals surface area contributed by atoms with Crippen molar-refractivity contribution in [3.63, 3.8) is 0 Å². The molecule has 0 spiro atoms. The molecule has 0 aromatic rings. The van der Waals surface area contributed by atoms with Gasteiger partial charge in [-0.3, -0.25) is 9.59 Å². The Morgan fingerprint density at radius 2 is 1.68 bits per heavy atom. The second-order valence-corrected chi connectivity index (χ2v) is 11.3. The van der Waals surface area contributed by atoms with Crippen LogP contribution in [-0.2, 0) is 23.8 Å². The van der Waals surface area contributed by atoms with Crippen LogP contribution in [0.25, 0.3) is 0 Å². The summed E-state index contributed by atoms with van der Waals surface area (Å²) < 4.78 is 16.3. The van der Waals surface area contributed by atoms with Gasteiger partial charge in [0.15, 0.2) is 0 Å². The highest BCUT2D eigenvalue weighted by molar-refractivity contribution is 5.86. The van der Waals surface area contributed by atoms with Crippen LogP contribution >= 0.6 is 0 Å². The highest BCUT2D eigenvalue weighted by Crippen LogP contribution is 2.47. The first-order chi connectivity index (χ1) is 15.5. The van der Waals surface area contributed by atoms with E-state index in [1.165, 1.54) is 19.8 Å². The van der Waals surface area contributed by atoms with Crippen LogP contribution in [0.1, 0.15) is 75.2 Å². The van der Waals surface area contributed by atoms with E-state index in [-0.39, 0.29) is 36.1 Å². The first-order valence-corrected chi connectivity index (χ1v) is 12.4. The standard InChI is InChI=1S/C27H48O7/c1-15(2)12-18(5)24-27(9,34-24)23(31)17(4)13-16(3)22(30)26(7,8)25(33-11)19(6)20(28)14-21(29)32-10/h12,16-20,23-25,28,31H,13-14H2,1-11H3/t16-,17+,18+,19+,20-,23+,24-,25-,27-/m1/s1. The number of aliphatic hydroxyl groups is 2. The molecule has 0 radical (unpaired) electrons. The minimum absolute atomic E-state index is 0.00755. The Labute approximate surface area is 206 Å².